The van der Waals surface area contributed by atoms with Crippen molar-refractivity contribution >= 4 is 42.6 Å². The lowest BCUT2D eigenvalue weighted by atomic mass is 10.2. The third kappa shape index (κ3) is 3.58. The van der Waals surface area contributed by atoms with Crippen LogP contribution in [0.2, 0.25) is 0 Å². The van der Waals surface area contributed by atoms with Crippen LogP contribution in [0.15, 0.2) is 22.7 Å². The third-order valence-corrected chi connectivity index (χ3v) is 3.70. The molecule has 2 nitrogen and oxygen atoms in total. The van der Waals surface area contributed by atoms with E-state index in [9.17, 15) is 13.2 Å². The summed E-state index contributed by atoms with van der Waals surface area (Å²) in [4.78, 5) is 4.24. The standard InChI is InChI=1S/C11H10BrF3N2S/c1-6(5-11(13,14)15)16-10-17-8-3-2-7(12)4-9(8)18-10/h2-4,6H,5H2,1H3,(H,16,17). The second kappa shape index (κ2) is 5.05. The molecular formula is C11H10BrF3N2S. The Balaban J connectivity index is 2.12. The molecular weight excluding hydrogens is 329 g/mol. The maximum Gasteiger partial charge on any atom is 0.391 e. The van der Waals surface area contributed by atoms with Crippen molar-refractivity contribution in [3.05, 3.63) is 22.7 Å². The molecule has 2 rings (SSSR count). The summed E-state index contributed by atoms with van der Waals surface area (Å²) in [5.41, 5.74) is 0.782. The van der Waals surface area contributed by atoms with Gasteiger partial charge in [0.15, 0.2) is 5.13 Å². The van der Waals surface area contributed by atoms with E-state index < -0.39 is 18.6 Å². The summed E-state index contributed by atoms with van der Waals surface area (Å²) in [6.45, 7) is 1.50. The van der Waals surface area contributed by atoms with Crippen LogP contribution in [0.1, 0.15) is 13.3 Å². The van der Waals surface area contributed by atoms with Crippen molar-refractivity contribution in [1.82, 2.24) is 4.98 Å². The van der Waals surface area contributed by atoms with Gasteiger partial charge < -0.3 is 5.32 Å². The smallest absolute Gasteiger partial charge is 0.359 e. The molecule has 0 aliphatic carbocycles. The first-order valence-corrected chi connectivity index (χ1v) is 6.84. The van der Waals surface area contributed by atoms with Gasteiger partial charge in [0.2, 0.25) is 0 Å². The van der Waals surface area contributed by atoms with Crippen molar-refractivity contribution in [2.24, 2.45) is 0 Å². The SMILES string of the molecule is CC(CC(F)(F)F)Nc1nc2ccc(Br)cc2s1. The summed E-state index contributed by atoms with van der Waals surface area (Å²) in [6.07, 6.45) is -5.03. The number of alkyl halides is 3. The number of nitrogens with zero attached hydrogens (tertiary/aromatic N) is 1. The van der Waals surface area contributed by atoms with Gasteiger partial charge in [-0.25, -0.2) is 4.98 Å². The molecule has 1 N–H and O–H groups in total. The van der Waals surface area contributed by atoms with Crippen molar-refractivity contribution in [3.8, 4) is 0 Å². The van der Waals surface area contributed by atoms with Gasteiger partial charge in [-0.15, -0.1) is 0 Å². The second-order valence-corrected chi connectivity index (χ2v) is 5.94. The van der Waals surface area contributed by atoms with Crippen LogP contribution in [0.4, 0.5) is 18.3 Å². The fourth-order valence-corrected chi connectivity index (χ4v) is 3.10. The van der Waals surface area contributed by atoms with E-state index in [2.05, 4.69) is 26.2 Å². The predicted octanol–water partition coefficient (Wildman–Crippen LogP) is 4.81. The Morgan fingerprint density at radius 1 is 1.44 bits per heavy atom. The minimum atomic E-state index is -4.16. The molecule has 1 heterocycles. The molecule has 18 heavy (non-hydrogen) atoms. The first kappa shape index (κ1) is 13.6. The Morgan fingerprint density at radius 2 is 2.17 bits per heavy atom. The Hall–Kier alpha value is -0.820. The van der Waals surface area contributed by atoms with Gasteiger partial charge in [0.05, 0.1) is 16.6 Å². The minimum absolute atomic E-state index is 0.514. The molecule has 2 aromatic rings. The topological polar surface area (TPSA) is 24.9 Å². The molecule has 1 aromatic carbocycles. The van der Waals surface area contributed by atoms with E-state index in [0.29, 0.717) is 5.13 Å². The Kier molecular flexibility index (Phi) is 3.82. The largest absolute Gasteiger partial charge is 0.391 e. The van der Waals surface area contributed by atoms with Crippen LogP contribution >= 0.6 is 27.3 Å². The predicted molar refractivity (Wildman–Crippen MR) is 71.1 cm³/mol. The van der Waals surface area contributed by atoms with Crippen LogP contribution in [0.3, 0.4) is 0 Å². The molecule has 0 aliphatic heterocycles. The number of nitrogens with one attached hydrogen (secondary N) is 1. The van der Waals surface area contributed by atoms with Crippen LogP contribution in [-0.4, -0.2) is 17.2 Å². The molecule has 7 heteroatoms. The number of anilines is 1. The molecule has 1 atom stereocenters. The van der Waals surface area contributed by atoms with Crippen LogP contribution in [0.25, 0.3) is 10.2 Å². The number of hydrogen-bond donors (Lipinski definition) is 1. The summed E-state index contributed by atoms with van der Waals surface area (Å²) in [6, 6.07) is 4.89. The van der Waals surface area contributed by atoms with Crippen LogP contribution in [0, 0.1) is 0 Å². The van der Waals surface area contributed by atoms with Crippen molar-refractivity contribution in [2.45, 2.75) is 25.6 Å². The summed E-state index contributed by atoms with van der Waals surface area (Å²) in [7, 11) is 0. The van der Waals surface area contributed by atoms with Crippen molar-refractivity contribution < 1.29 is 13.2 Å². The molecule has 0 aliphatic rings. The highest BCUT2D eigenvalue weighted by Crippen LogP contribution is 2.30. The first-order chi connectivity index (χ1) is 8.33. The highest BCUT2D eigenvalue weighted by atomic mass is 79.9. The first-order valence-electron chi connectivity index (χ1n) is 5.23. The van der Waals surface area contributed by atoms with E-state index in [0.717, 1.165) is 14.7 Å². The van der Waals surface area contributed by atoms with E-state index in [-0.39, 0.29) is 0 Å². The van der Waals surface area contributed by atoms with Gasteiger partial charge in [-0.3, -0.25) is 0 Å². The highest BCUT2D eigenvalue weighted by Gasteiger charge is 2.30. The molecule has 0 fully saturated rings. The zero-order valence-electron chi connectivity index (χ0n) is 9.38. The second-order valence-electron chi connectivity index (χ2n) is 4.00. The minimum Gasteiger partial charge on any atom is -0.359 e. The lowest BCUT2D eigenvalue weighted by Gasteiger charge is -2.14. The number of benzene rings is 1. The number of thiazole rings is 1. The number of hydrogen-bond acceptors (Lipinski definition) is 3. The molecule has 1 unspecified atom stereocenters. The molecule has 0 bridgehead atoms. The molecule has 98 valence electrons. The van der Waals surface area contributed by atoms with Crippen LogP contribution in [0.5, 0.6) is 0 Å². The maximum atomic E-state index is 12.2. The summed E-state index contributed by atoms with van der Waals surface area (Å²) >= 11 is 4.69. The fourth-order valence-electron chi connectivity index (χ4n) is 1.57. The molecule has 1 aromatic heterocycles. The zero-order chi connectivity index (χ0) is 13.3. The van der Waals surface area contributed by atoms with Gasteiger partial charge in [0.25, 0.3) is 0 Å². The van der Waals surface area contributed by atoms with Crippen molar-refractivity contribution in [1.29, 1.82) is 0 Å². The van der Waals surface area contributed by atoms with Gasteiger partial charge in [-0.05, 0) is 25.1 Å². The molecule has 0 radical (unpaired) electrons. The summed E-state index contributed by atoms with van der Waals surface area (Å²) < 4.78 is 38.5. The Labute approximate surface area is 114 Å². The fraction of sp³-hybridized carbons (Fsp3) is 0.364. The average molecular weight is 339 g/mol. The Bertz CT molecular complexity index is 553. The van der Waals surface area contributed by atoms with Crippen LogP contribution in [-0.2, 0) is 0 Å². The number of fused-ring (bicyclic) bond motifs is 1. The Morgan fingerprint density at radius 3 is 2.83 bits per heavy atom. The molecule has 0 amide bonds. The van der Waals surface area contributed by atoms with Gasteiger partial charge in [-0.2, -0.15) is 13.2 Å². The monoisotopic (exact) mass is 338 g/mol. The number of rotatable bonds is 3. The third-order valence-electron chi connectivity index (χ3n) is 2.26. The molecule has 0 saturated heterocycles. The van der Waals surface area contributed by atoms with Gasteiger partial charge in [0, 0.05) is 10.5 Å². The van der Waals surface area contributed by atoms with E-state index >= 15 is 0 Å². The van der Waals surface area contributed by atoms with Crippen molar-refractivity contribution in [3.63, 3.8) is 0 Å². The van der Waals surface area contributed by atoms with E-state index in [1.165, 1.54) is 18.3 Å². The van der Waals surface area contributed by atoms with Crippen molar-refractivity contribution in [2.75, 3.05) is 5.32 Å². The van der Waals surface area contributed by atoms with Gasteiger partial charge >= 0.3 is 6.18 Å². The van der Waals surface area contributed by atoms with E-state index in [1.807, 2.05) is 18.2 Å². The number of aromatic nitrogens is 1. The zero-order valence-corrected chi connectivity index (χ0v) is 11.8. The van der Waals surface area contributed by atoms with E-state index in [4.69, 9.17) is 0 Å². The van der Waals surface area contributed by atoms with E-state index in [1.54, 1.807) is 0 Å². The molecule has 0 saturated carbocycles. The lowest BCUT2D eigenvalue weighted by molar-refractivity contribution is -0.136. The van der Waals surface area contributed by atoms with Gasteiger partial charge in [-0.1, -0.05) is 27.3 Å². The summed E-state index contributed by atoms with van der Waals surface area (Å²) in [5, 5.41) is 3.29. The van der Waals surface area contributed by atoms with Gasteiger partial charge in [0.1, 0.15) is 0 Å². The molecule has 0 spiro atoms. The highest BCUT2D eigenvalue weighted by molar-refractivity contribution is 9.10. The maximum absolute atomic E-state index is 12.2. The quantitative estimate of drug-likeness (QED) is 0.868. The number of halogens is 4. The average Bonchev–Trinajstić information content (AvgIpc) is 2.55. The van der Waals surface area contributed by atoms with Crippen LogP contribution < -0.4 is 5.32 Å². The lowest BCUT2D eigenvalue weighted by Crippen LogP contribution is -2.23. The normalized spacial score (nSPS) is 13.8. The summed E-state index contributed by atoms with van der Waals surface area (Å²) in [5.74, 6) is 0.